The molecule has 0 aromatic carbocycles. The predicted molar refractivity (Wildman–Crippen MR) is 80.4 cm³/mol. The number of aromatic nitrogens is 2. The lowest BCUT2D eigenvalue weighted by Crippen LogP contribution is -2.34. The second-order valence-electron chi connectivity index (χ2n) is 5.40. The van der Waals surface area contributed by atoms with E-state index < -0.39 is 0 Å². The van der Waals surface area contributed by atoms with Gasteiger partial charge < -0.3 is 16.0 Å². The quantitative estimate of drug-likeness (QED) is 0.827. The highest BCUT2D eigenvalue weighted by Gasteiger charge is 2.13. The molecule has 19 heavy (non-hydrogen) atoms. The van der Waals surface area contributed by atoms with E-state index in [2.05, 4.69) is 22.2 Å². The summed E-state index contributed by atoms with van der Waals surface area (Å²) in [4.78, 5) is 2.53. The average molecular weight is 265 g/mol. The molecule has 2 rings (SSSR count). The third-order valence-electron chi connectivity index (χ3n) is 3.78. The van der Waals surface area contributed by atoms with Crippen molar-refractivity contribution < 1.29 is 0 Å². The Morgan fingerprint density at radius 3 is 2.63 bits per heavy atom. The number of likely N-dealkylation sites (tertiary alicyclic amines) is 1. The normalized spacial score (nSPS) is 16.7. The lowest BCUT2D eigenvalue weighted by atomic mass is 10.1. The molecular formula is C14H27N5. The van der Waals surface area contributed by atoms with Crippen LogP contribution in [0.2, 0.25) is 0 Å². The van der Waals surface area contributed by atoms with Crippen LogP contribution in [0.3, 0.4) is 0 Å². The van der Waals surface area contributed by atoms with Gasteiger partial charge >= 0.3 is 0 Å². The summed E-state index contributed by atoms with van der Waals surface area (Å²) < 4.78 is 2.00. The number of aryl methyl sites for hydroxylation is 2. The third-order valence-corrected chi connectivity index (χ3v) is 3.78. The van der Waals surface area contributed by atoms with Crippen LogP contribution in [0.25, 0.3) is 0 Å². The van der Waals surface area contributed by atoms with Gasteiger partial charge in [-0.25, -0.2) is 4.68 Å². The summed E-state index contributed by atoms with van der Waals surface area (Å²) in [7, 11) is 0. The molecule has 108 valence electrons. The molecule has 5 nitrogen and oxygen atoms in total. The molecule has 1 aliphatic heterocycles. The van der Waals surface area contributed by atoms with Crippen LogP contribution in [0.4, 0.5) is 11.5 Å². The molecule has 5 heteroatoms. The van der Waals surface area contributed by atoms with Gasteiger partial charge in [-0.1, -0.05) is 13.3 Å². The third kappa shape index (κ3) is 3.62. The first-order valence-corrected chi connectivity index (χ1v) is 7.51. The molecule has 0 bridgehead atoms. The molecule has 3 N–H and O–H groups in total. The standard InChI is InChI=1S/C14H27N5/c1-3-8-19-14(13(15)12(2)17-19)16-7-11-18-9-5-4-6-10-18/h16H,3-11,15H2,1-2H3. The molecule has 1 saturated heterocycles. The van der Waals surface area contributed by atoms with E-state index in [1.807, 2.05) is 11.6 Å². The van der Waals surface area contributed by atoms with Crippen molar-refractivity contribution in [3.8, 4) is 0 Å². The van der Waals surface area contributed by atoms with Gasteiger partial charge in [-0.2, -0.15) is 5.10 Å². The lowest BCUT2D eigenvalue weighted by molar-refractivity contribution is 0.237. The lowest BCUT2D eigenvalue weighted by Gasteiger charge is -2.26. The summed E-state index contributed by atoms with van der Waals surface area (Å²) in [6.45, 7) is 9.57. The maximum atomic E-state index is 6.09. The van der Waals surface area contributed by atoms with E-state index in [9.17, 15) is 0 Å². The van der Waals surface area contributed by atoms with Crippen molar-refractivity contribution in [2.45, 2.75) is 46.1 Å². The van der Waals surface area contributed by atoms with E-state index in [-0.39, 0.29) is 0 Å². The molecule has 2 heterocycles. The molecule has 1 aromatic rings. The summed E-state index contributed by atoms with van der Waals surface area (Å²) in [6.07, 6.45) is 5.14. The Kier molecular flexibility index (Phi) is 5.07. The maximum absolute atomic E-state index is 6.09. The first-order valence-electron chi connectivity index (χ1n) is 7.51. The van der Waals surface area contributed by atoms with Crippen molar-refractivity contribution in [3.63, 3.8) is 0 Å². The first kappa shape index (κ1) is 14.2. The second-order valence-corrected chi connectivity index (χ2v) is 5.40. The molecular weight excluding hydrogens is 238 g/mol. The van der Waals surface area contributed by atoms with Gasteiger partial charge in [-0.05, 0) is 39.3 Å². The molecule has 1 fully saturated rings. The van der Waals surface area contributed by atoms with Crippen molar-refractivity contribution in [1.82, 2.24) is 14.7 Å². The minimum atomic E-state index is 0.798. The van der Waals surface area contributed by atoms with Gasteiger partial charge in [0.05, 0.1) is 11.4 Å². The first-order chi connectivity index (χ1) is 9.22. The smallest absolute Gasteiger partial charge is 0.148 e. The van der Waals surface area contributed by atoms with E-state index in [0.717, 1.165) is 43.3 Å². The van der Waals surface area contributed by atoms with Crippen molar-refractivity contribution in [3.05, 3.63) is 5.69 Å². The number of hydrogen-bond donors (Lipinski definition) is 2. The minimum absolute atomic E-state index is 0.798. The number of piperidine rings is 1. The van der Waals surface area contributed by atoms with Crippen molar-refractivity contribution in [2.24, 2.45) is 0 Å². The van der Waals surface area contributed by atoms with Crippen molar-refractivity contribution in [2.75, 3.05) is 37.2 Å². The number of nitrogens with zero attached hydrogens (tertiary/aromatic N) is 3. The van der Waals surface area contributed by atoms with Crippen LogP contribution in [-0.2, 0) is 6.54 Å². The Bertz CT molecular complexity index is 393. The van der Waals surface area contributed by atoms with Crippen LogP contribution in [0.15, 0.2) is 0 Å². The average Bonchev–Trinajstić information content (AvgIpc) is 2.68. The zero-order valence-electron chi connectivity index (χ0n) is 12.3. The van der Waals surface area contributed by atoms with Gasteiger partial charge in [0.25, 0.3) is 0 Å². The van der Waals surface area contributed by atoms with Gasteiger partial charge in [0.15, 0.2) is 0 Å². The summed E-state index contributed by atoms with van der Waals surface area (Å²) in [6, 6.07) is 0. The number of rotatable bonds is 6. The molecule has 0 atom stereocenters. The van der Waals surface area contributed by atoms with E-state index >= 15 is 0 Å². The molecule has 0 unspecified atom stereocenters. The van der Waals surface area contributed by atoms with Crippen LogP contribution in [-0.4, -0.2) is 40.9 Å². The Morgan fingerprint density at radius 2 is 1.95 bits per heavy atom. The van der Waals surface area contributed by atoms with E-state index in [1.54, 1.807) is 0 Å². The van der Waals surface area contributed by atoms with Gasteiger partial charge in [0.1, 0.15) is 5.82 Å². The van der Waals surface area contributed by atoms with Gasteiger partial charge in [0.2, 0.25) is 0 Å². The highest BCUT2D eigenvalue weighted by Crippen LogP contribution is 2.22. The predicted octanol–water partition coefficient (Wildman–Crippen LogP) is 2.08. The van der Waals surface area contributed by atoms with Crippen LogP contribution in [0.1, 0.15) is 38.3 Å². The van der Waals surface area contributed by atoms with Crippen LogP contribution in [0, 0.1) is 6.92 Å². The van der Waals surface area contributed by atoms with Gasteiger partial charge in [0, 0.05) is 19.6 Å². The van der Waals surface area contributed by atoms with Crippen LogP contribution in [0.5, 0.6) is 0 Å². The highest BCUT2D eigenvalue weighted by atomic mass is 15.3. The largest absolute Gasteiger partial charge is 0.394 e. The Balaban J connectivity index is 1.87. The zero-order chi connectivity index (χ0) is 13.7. The molecule has 1 aromatic heterocycles. The van der Waals surface area contributed by atoms with Crippen molar-refractivity contribution in [1.29, 1.82) is 0 Å². The highest BCUT2D eigenvalue weighted by molar-refractivity contribution is 5.64. The topological polar surface area (TPSA) is 59.1 Å². The van der Waals surface area contributed by atoms with E-state index in [0.29, 0.717) is 0 Å². The number of nitrogens with two attached hydrogens (primary N) is 1. The fourth-order valence-electron chi connectivity index (χ4n) is 2.67. The summed E-state index contributed by atoms with van der Waals surface area (Å²) in [5, 5.41) is 7.95. The SMILES string of the molecule is CCCn1nc(C)c(N)c1NCCN1CCCCC1. The molecule has 0 aliphatic carbocycles. The number of nitrogen functional groups attached to an aromatic ring is 1. The Morgan fingerprint density at radius 1 is 1.21 bits per heavy atom. The zero-order valence-corrected chi connectivity index (χ0v) is 12.3. The fraction of sp³-hybridized carbons (Fsp3) is 0.786. The fourth-order valence-corrected chi connectivity index (χ4v) is 2.67. The molecule has 0 amide bonds. The minimum Gasteiger partial charge on any atom is -0.394 e. The van der Waals surface area contributed by atoms with Gasteiger partial charge in [-0.3, -0.25) is 0 Å². The summed E-state index contributed by atoms with van der Waals surface area (Å²) in [5.41, 5.74) is 7.82. The van der Waals surface area contributed by atoms with Crippen molar-refractivity contribution >= 4 is 11.5 Å². The van der Waals surface area contributed by atoms with Crippen LogP contribution >= 0.6 is 0 Å². The molecule has 0 saturated carbocycles. The van der Waals surface area contributed by atoms with E-state index in [4.69, 9.17) is 5.73 Å². The maximum Gasteiger partial charge on any atom is 0.148 e. The Labute approximate surface area is 116 Å². The Hall–Kier alpha value is -1.23. The number of anilines is 2. The second kappa shape index (κ2) is 6.80. The van der Waals surface area contributed by atoms with Gasteiger partial charge in [-0.15, -0.1) is 0 Å². The molecule has 0 radical (unpaired) electrons. The molecule has 1 aliphatic rings. The monoisotopic (exact) mass is 265 g/mol. The summed E-state index contributed by atoms with van der Waals surface area (Å²) in [5.74, 6) is 0.997. The number of nitrogens with one attached hydrogen (secondary N) is 1. The van der Waals surface area contributed by atoms with E-state index in [1.165, 1.54) is 32.4 Å². The number of hydrogen-bond acceptors (Lipinski definition) is 4. The molecule has 0 spiro atoms. The van der Waals surface area contributed by atoms with Crippen LogP contribution < -0.4 is 11.1 Å². The summed E-state index contributed by atoms with van der Waals surface area (Å²) >= 11 is 0.